The standard InChI is InChI=1S/C16H16S/c1-12-5-3-4-6-14(9-7-12)15-10-8-13(2)11-16(15)17/h5,7-11,14,17H,3H2,1-2H3/b9-7-,12-5-. The molecule has 2 rings (SSSR count). The van der Waals surface area contributed by atoms with Crippen LogP contribution in [0.25, 0.3) is 0 Å². The maximum atomic E-state index is 4.55. The smallest absolute Gasteiger partial charge is 0.0646 e. The molecule has 0 bridgehead atoms. The molecule has 1 aliphatic carbocycles. The van der Waals surface area contributed by atoms with Gasteiger partial charge in [-0.25, -0.2) is 0 Å². The van der Waals surface area contributed by atoms with E-state index in [1.165, 1.54) is 16.7 Å². The van der Waals surface area contributed by atoms with Crippen LogP contribution in [0.4, 0.5) is 0 Å². The molecule has 0 nitrogen and oxygen atoms in total. The maximum Gasteiger partial charge on any atom is 0.0646 e. The van der Waals surface area contributed by atoms with Gasteiger partial charge in [-0.1, -0.05) is 53.3 Å². The van der Waals surface area contributed by atoms with E-state index in [1.807, 2.05) is 0 Å². The molecule has 0 heterocycles. The average Bonchev–Trinajstić information content (AvgIpc) is 2.26. The normalized spacial score (nSPS) is 23.7. The Bertz CT molecular complexity index is 538. The highest BCUT2D eigenvalue weighted by atomic mass is 32.1. The Morgan fingerprint density at radius 3 is 2.88 bits per heavy atom. The molecule has 1 atom stereocenters. The van der Waals surface area contributed by atoms with Crippen LogP contribution in [0.5, 0.6) is 0 Å². The second-order valence-electron chi connectivity index (χ2n) is 4.37. The highest BCUT2D eigenvalue weighted by Crippen LogP contribution is 2.26. The van der Waals surface area contributed by atoms with Crippen LogP contribution >= 0.6 is 12.6 Å². The van der Waals surface area contributed by atoms with E-state index in [0.29, 0.717) is 0 Å². The molecule has 0 fully saturated rings. The van der Waals surface area contributed by atoms with Crippen LogP contribution in [0.15, 0.2) is 46.9 Å². The van der Waals surface area contributed by atoms with Crippen molar-refractivity contribution in [3.05, 3.63) is 53.1 Å². The third-order valence-corrected chi connectivity index (χ3v) is 3.24. The molecule has 0 amide bonds. The number of allylic oxidation sites excluding steroid dienone is 4. The van der Waals surface area contributed by atoms with Gasteiger partial charge < -0.3 is 0 Å². The van der Waals surface area contributed by atoms with Crippen LogP contribution in [0.3, 0.4) is 0 Å². The van der Waals surface area contributed by atoms with E-state index in [0.717, 1.165) is 11.3 Å². The van der Waals surface area contributed by atoms with Crippen molar-refractivity contribution >= 4 is 12.6 Å². The summed E-state index contributed by atoms with van der Waals surface area (Å²) in [6, 6.07) is 6.34. The first-order valence-electron chi connectivity index (χ1n) is 5.79. The van der Waals surface area contributed by atoms with Crippen LogP contribution in [0.1, 0.15) is 30.4 Å². The summed E-state index contributed by atoms with van der Waals surface area (Å²) >= 11 is 4.55. The van der Waals surface area contributed by atoms with Gasteiger partial charge in [-0.2, -0.15) is 0 Å². The predicted octanol–water partition coefficient (Wildman–Crippen LogP) is 4.28. The molecule has 17 heavy (non-hydrogen) atoms. The van der Waals surface area contributed by atoms with Crippen LogP contribution in [0, 0.1) is 18.8 Å². The van der Waals surface area contributed by atoms with Crippen molar-refractivity contribution in [1.82, 2.24) is 0 Å². The molecule has 0 aromatic heterocycles. The average molecular weight is 240 g/mol. The third kappa shape index (κ3) is 3.05. The lowest BCUT2D eigenvalue weighted by Crippen LogP contribution is -1.95. The van der Waals surface area contributed by atoms with Gasteiger partial charge in [0.05, 0.1) is 5.92 Å². The van der Waals surface area contributed by atoms with E-state index in [9.17, 15) is 0 Å². The van der Waals surface area contributed by atoms with Gasteiger partial charge in [-0.05, 0) is 25.5 Å². The molecule has 1 heteroatoms. The first-order chi connectivity index (χ1) is 8.16. The molecule has 0 spiro atoms. The fourth-order valence-corrected chi connectivity index (χ4v) is 2.26. The molecular weight excluding hydrogens is 224 g/mol. The summed E-state index contributed by atoms with van der Waals surface area (Å²) in [6.07, 6.45) is 7.28. The summed E-state index contributed by atoms with van der Waals surface area (Å²) in [5.74, 6) is 6.64. The van der Waals surface area contributed by atoms with Crippen molar-refractivity contribution in [3.63, 3.8) is 0 Å². The van der Waals surface area contributed by atoms with Crippen LogP contribution in [-0.4, -0.2) is 0 Å². The highest BCUT2D eigenvalue weighted by Gasteiger charge is 2.09. The van der Waals surface area contributed by atoms with Crippen molar-refractivity contribution in [2.45, 2.75) is 31.1 Å². The van der Waals surface area contributed by atoms with E-state index >= 15 is 0 Å². The fraction of sp³-hybridized carbons (Fsp3) is 0.250. The molecule has 0 saturated heterocycles. The van der Waals surface area contributed by atoms with E-state index < -0.39 is 0 Å². The quantitative estimate of drug-likeness (QED) is 0.550. The first kappa shape index (κ1) is 12.1. The number of hydrogen-bond acceptors (Lipinski definition) is 1. The van der Waals surface area contributed by atoms with Gasteiger partial charge in [-0.3, -0.25) is 0 Å². The Kier molecular flexibility index (Phi) is 3.76. The van der Waals surface area contributed by atoms with Gasteiger partial charge in [0.1, 0.15) is 0 Å². The van der Waals surface area contributed by atoms with E-state index in [4.69, 9.17) is 0 Å². The molecular formula is C16H16S. The summed E-state index contributed by atoms with van der Waals surface area (Å²) in [4.78, 5) is 1.02. The van der Waals surface area contributed by atoms with Crippen LogP contribution in [-0.2, 0) is 0 Å². The lowest BCUT2D eigenvalue weighted by Gasteiger charge is -2.11. The zero-order chi connectivity index (χ0) is 12.3. The first-order valence-corrected chi connectivity index (χ1v) is 6.24. The lowest BCUT2D eigenvalue weighted by molar-refractivity contribution is 1.05. The molecule has 1 unspecified atom stereocenters. The zero-order valence-electron chi connectivity index (χ0n) is 10.2. The number of hydrogen-bond donors (Lipinski definition) is 1. The Morgan fingerprint density at radius 1 is 1.29 bits per heavy atom. The number of aryl methyl sites for hydroxylation is 1. The lowest BCUT2D eigenvalue weighted by atomic mass is 9.96. The number of thiol groups is 1. The highest BCUT2D eigenvalue weighted by molar-refractivity contribution is 7.80. The van der Waals surface area contributed by atoms with Gasteiger partial charge in [-0.15, -0.1) is 12.6 Å². The summed E-state index contributed by atoms with van der Waals surface area (Å²) in [6.45, 7) is 4.19. The Balaban J connectivity index is 2.38. The van der Waals surface area contributed by atoms with Crippen LogP contribution in [0.2, 0.25) is 0 Å². The van der Waals surface area contributed by atoms with Gasteiger partial charge >= 0.3 is 0 Å². The fourth-order valence-electron chi connectivity index (χ4n) is 1.84. The SMILES string of the molecule is CC1=C/CC#CC(c2ccc(C)cc2S)/C=C\1. The molecule has 0 N–H and O–H groups in total. The predicted molar refractivity (Wildman–Crippen MR) is 76.5 cm³/mol. The minimum atomic E-state index is 0.159. The molecule has 1 aromatic carbocycles. The van der Waals surface area contributed by atoms with E-state index in [1.54, 1.807) is 0 Å². The third-order valence-electron chi connectivity index (χ3n) is 2.86. The van der Waals surface area contributed by atoms with Crippen molar-refractivity contribution in [1.29, 1.82) is 0 Å². The van der Waals surface area contributed by atoms with Gasteiger partial charge in [0.2, 0.25) is 0 Å². The summed E-state index contributed by atoms with van der Waals surface area (Å²) in [5, 5.41) is 0. The van der Waals surface area contributed by atoms with Gasteiger partial charge in [0.15, 0.2) is 0 Å². The summed E-state index contributed by atoms with van der Waals surface area (Å²) < 4.78 is 0. The number of benzene rings is 1. The maximum absolute atomic E-state index is 4.55. The Hall–Kier alpha value is -1.39. The van der Waals surface area contributed by atoms with Gasteiger partial charge in [0, 0.05) is 11.3 Å². The monoisotopic (exact) mass is 240 g/mol. The molecule has 0 radical (unpaired) electrons. The largest absolute Gasteiger partial charge is 0.143 e. The summed E-state index contributed by atoms with van der Waals surface area (Å²) in [5.41, 5.74) is 3.70. The topological polar surface area (TPSA) is 0 Å². The van der Waals surface area contributed by atoms with Gasteiger partial charge in [0.25, 0.3) is 0 Å². The Labute approximate surface area is 109 Å². The number of rotatable bonds is 1. The molecule has 0 saturated carbocycles. The molecule has 86 valence electrons. The zero-order valence-corrected chi connectivity index (χ0v) is 11.1. The van der Waals surface area contributed by atoms with Crippen molar-refractivity contribution in [2.24, 2.45) is 0 Å². The second kappa shape index (κ2) is 5.29. The van der Waals surface area contributed by atoms with Crippen molar-refractivity contribution in [3.8, 4) is 11.8 Å². The molecule has 0 aliphatic heterocycles. The molecule has 1 aromatic rings. The van der Waals surface area contributed by atoms with Crippen LogP contribution < -0.4 is 0 Å². The van der Waals surface area contributed by atoms with Crippen molar-refractivity contribution in [2.75, 3.05) is 0 Å². The second-order valence-corrected chi connectivity index (χ2v) is 4.85. The van der Waals surface area contributed by atoms with Crippen molar-refractivity contribution < 1.29 is 0 Å². The van der Waals surface area contributed by atoms with E-state index in [2.05, 4.69) is 74.7 Å². The minimum absolute atomic E-state index is 0.159. The minimum Gasteiger partial charge on any atom is -0.143 e. The van der Waals surface area contributed by atoms with E-state index in [-0.39, 0.29) is 5.92 Å². The summed E-state index contributed by atoms with van der Waals surface area (Å²) in [7, 11) is 0. The molecule has 1 aliphatic rings. The Morgan fingerprint density at radius 2 is 2.12 bits per heavy atom.